The Balaban J connectivity index is 2.29. The van der Waals surface area contributed by atoms with Crippen molar-refractivity contribution < 1.29 is 18.7 Å². The van der Waals surface area contributed by atoms with Gasteiger partial charge in [0.1, 0.15) is 23.4 Å². The van der Waals surface area contributed by atoms with Crippen LogP contribution in [0.1, 0.15) is 10.4 Å². The molecule has 0 aliphatic rings. The van der Waals surface area contributed by atoms with Crippen LogP contribution in [0.3, 0.4) is 0 Å². The van der Waals surface area contributed by atoms with E-state index in [-0.39, 0.29) is 11.1 Å². The van der Waals surface area contributed by atoms with Crippen LogP contribution in [0.15, 0.2) is 35.1 Å². The molecule has 18 heavy (non-hydrogen) atoms. The standard InChI is InChI=1S/C12H7FN2O3/c13-7-3-8(12(16)17)10-9(4-7)14-11(15-10)6-1-2-18-5-6/h1-5H,(H,14,15)(H,16,17). The molecule has 0 saturated carbocycles. The van der Waals surface area contributed by atoms with Gasteiger partial charge in [-0.05, 0) is 18.2 Å². The van der Waals surface area contributed by atoms with Gasteiger partial charge in [0.25, 0.3) is 0 Å². The van der Waals surface area contributed by atoms with Gasteiger partial charge in [0.05, 0.1) is 22.9 Å². The van der Waals surface area contributed by atoms with E-state index in [1.165, 1.54) is 18.6 Å². The second-order valence-electron chi connectivity index (χ2n) is 3.75. The molecule has 2 N–H and O–H groups in total. The lowest BCUT2D eigenvalue weighted by atomic mass is 10.2. The van der Waals surface area contributed by atoms with E-state index in [0.717, 1.165) is 6.07 Å². The summed E-state index contributed by atoms with van der Waals surface area (Å²) in [6, 6.07) is 3.83. The van der Waals surface area contributed by atoms with Crippen LogP contribution in [0.25, 0.3) is 22.4 Å². The zero-order valence-electron chi connectivity index (χ0n) is 8.98. The summed E-state index contributed by atoms with van der Waals surface area (Å²) >= 11 is 0. The smallest absolute Gasteiger partial charge is 0.338 e. The number of nitrogens with zero attached hydrogens (tertiary/aromatic N) is 1. The molecule has 3 rings (SSSR count). The van der Waals surface area contributed by atoms with Crippen molar-refractivity contribution in [2.24, 2.45) is 0 Å². The largest absolute Gasteiger partial charge is 0.478 e. The number of fused-ring (bicyclic) bond motifs is 1. The topological polar surface area (TPSA) is 79.1 Å². The second-order valence-corrected chi connectivity index (χ2v) is 3.75. The van der Waals surface area contributed by atoms with Crippen LogP contribution in [0.4, 0.5) is 4.39 Å². The number of benzene rings is 1. The fourth-order valence-corrected chi connectivity index (χ4v) is 1.78. The summed E-state index contributed by atoms with van der Waals surface area (Å²) < 4.78 is 18.2. The molecule has 2 aromatic heterocycles. The van der Waals surface area contributed by atoms with Gasteiger partial charge in [0.15, 0.2) is 0 Å². The number of furan rings is 1. The van der Waals surface area contributed by atoms with Gasteiger partial charge in [-0.25, -0.2) is 14.2 Å². The quantitative estimate of drug-likeness (QED) is 0.728. The Bertz CT molecular complexity index is 731. The fourth-order valence-electron chi connectivity index (χ4n) is 1.78. The summed E-state index contributed by atoms with van der Waals surface area (Å²) in [6.45, 7) is 0. The van der Waals surface area contributed by atoms with Gasteiger partial charge in [-0.15, -0.1) is 0 Å². The summed E-state index contributed by atoms with van der Waals surface area (Å²) in [5, 5.41) is 9.01. The van der Waals surface area contributed by atoms with Gasteiger partial charge in [-0.1, -0.05) is 0 Å². The molecule has 0 aliphatic heterocycles. The Kier molecular flexibility index (Phi) is 2.16. The van der Waals surface area contributed by atoms with Crippen molar-refractivity contribution in [3.63, 3.8) is 0 Å². The number of aromatic amines is 1. The van der Waals surface area contributed by atoms with Crippen LogP contribution in [0.5, 0.6) is 0 Å². The number of imidazole rings is 1. The van der Waals surface area contributed by atoms with E-state index >= 15 is 0 Å². The van der Waals surface area contributed by atoms with Crippen LogP contribution in [-0.2, 0) is 0 Å². The van der Waals surface area contributed by atoms with Crippen molar-refractivity contribution >= 4 is 17.0 Å². The van der Waals surface area contributed by atoms with E-state index in [0.29, 0.717) is 16.9 Å². The molecule has 0 amide bonds. The Morgan fingerprint density at radius 1 is 1.44 bits per heavy atom. The van der Waals surface area contributed by atoms with Crippen molar-refractivity contribution in [2.45, 2.75) is 0 Å². The van der Waals surface area contributed by atoms with Crippen molar-refractivity contribution in [2.75, 3.05) is 0 Å². The average molecular weight is 246 g/mol. The Hall–Kier alpha value is -2.63. The fraction of sp³-hybridized carbons (Fsp3) is 0. The highest BCUT2D eigenvalue weighted by molar-refractivity contribution is 6.01. The molecule has 0 spiro atoms. The lowest BCUT2D eigenvalue weighted by Gasteiger charge is -1.95. The number of carboxylic acids is 1. The number of rotatable bonds is 2. The van der Waals surface area contributed by atoms with Crippen LogP contribution >= 0.6 is 0 Å². The summed E-state index contributed by atoms with van der Waals surface area (Å²) in [4.78, 5) is 18.0. The van der Waals surface area contributed by atoms with Crippen molar-refractivity contribution in [1.82, 2.24) is 9.97 Å². The predicted octanol–water partition coefficient (Wildman–Crippen LogP) is 2.66. The molecule has 0 saturated heterocycles. The first-order valence-corrected chi connectivity index (χ1v) is 5.10. The first kappa shape index (κ1) is 10.5. The Labute approximate surface area is 99.9 Å². The number of H-pyrrole nitrogens is 1. The molecule has 90 valence electrons. The highest BCUT2D eigenvalue weighted by Crippen LogP contribution is 2.24. The molecular formula is C12H7FN2O3. The van der Waals surface area contributed by atoms with E-state index in [9.17, 15) is 9.18 Å². The molecule has 2 heterocycles. The predicted molar refractivity (Wildman–Crippen MR) is 60.7 cm³/mol. The number of carbonyl (C=O) groups is 1. The van der Waals surface area contributed by atoms with Crippen molar-refractivity contribution in [3.8, 4) is 11.4 Å². The number of carboxylic acid groups (broad SMARTS) is 1. The maximum atomic E-state index is 13.3. The highest BCUT2D eigenvalue weighted by Gasteiger charge is 2.15. The monoisotopic (exact) mass is 246 g/mol. The first-order valence-electron chi connectivity index (χ1n) is 5.10. The normalized spacial score (nSPS) is 10.9. The van der Waals surface area contributed by atoms with E-state index in [1.54, 1.807) is 6.07 Å². The molecule has 1 aromatic carbocycles. The number of halogens is 1. The zero-order chi connectivity index (χ0) is 12.7. The van der Waals surface area contributed by atoms with Crippen molar-refractivity contribution in [3.05, 3.63) is 42.1 Å². The number of hydrogen-bond donors (Lipinski definition) is 2. The highest BCUT2D eigenvalue weighted by atomic mass is 19.1. The van der Waals surface area contributed by atoms with E-state index in [2.05, 4.69) is 9.97 Å². The van der Waals surface area contributed by atoms with Crippen molar-refractivity contribution in [1.29, 1.82) is 0 Å². The third kappa shape index (κ3) is 1.55. The van der Waals surface area contributed by atoms with Gasteiger partial charge < -0.3 is 14.5 Å². The number of aromatic carboxylic acids is 1. The minimum atomic E-state index is -1.22. The van der Waals surface area contributed by atoms with E-state index in [4.69, 9.17) is 9.52 Å². The van der Waals surface area contributed by atoms with Gasteiger partial charge in [0, 0.05) is 0 Å². The third-order valence-corrected chi connectivity index (χ3v) is 2.58. The molecule has 5 nitrogen and oxygen atoms in total. The molecule has 0 aliphatic carbocycles. The van der Waals surface area contributed by atoms with Crippen LogP contribution < -0.4 is 0 Å². The van der Waals surface area contributed by atoms with Gasteiger partial charge in [0.2, 0.25) is 0 Å². The van der Waals surface area contributed by atoms with Crippen LogP contribution in [0, 0.1) is 5.82 Å². The maximum absolute atomic E-state index is 13.3. The molecule has 0 radical (unpaired) electrons. The maximum Gasteiger partial charge on any atom is 0.338 e. The minimum absolute atomic E-state index is 0.170. The van der Waals surface area contributed by atoms with Crippen LogP contribution in [0.2, 0.25) is 0 Å². The first-order chi connectivity index (χ1) is 8.65. The molecule has 0 fully saturated rings. The number of nitrogens with one attached hydrogen (secondary N) is 1. The summed E-state index contributed by atoms with van der Waals surface area (Å²) in [5.41, 5.74) is 1.06. The lowest BCUT2D eigenvalue weighted by Crippen LogP contribution is -1.98. The number of aromatic nitrogens is 2. The summed E-state index contributed by atoms with van der Waals surface area (Å²) in [7, 11) is 0. The lowest BCUT2D eigenvalue weighted by molar-refractivity contribution is 0.0698. The SMILES string of the molecule is O=C(O)c1cc(F)cc2[nH]c(-c3ccoc3)nc12. The van der Waals surface area contributed by atoms with Gasteiger partial charge in [-0.2, -0.15) is 0 Å². The van der Waals surface area contributed by atoms with Crippen LogP contribution in [-0.4, -0.2) is 21.0 Å². The molecule has 0 bridgehead atoms. The van der Waals surface area contributed by atoms with Gasteiger partial charge in [-0.3, -0.25) is 0 Å². The molecule has 0 unspecified atom stereocenters. The molecule has 3 aromatic rings. The van der Waals surface area contributed by atoms with E-state index in [1.807, 2.05) is 0 Å². The second kappa shape index (κ2) is 3.69. The third-order valence-electron chi connectivity index (χ3n) is 2.58. The summed E-state index contributed by atoms with van der Waals surface area (Å²) in [5.74, 6) is -1.40. The molecule has 6 heteroatoms. The molecule has 0 atom stereocenters. The number of hydrogen-bond acceptors (Lipinski definition) is 3. The zero-order valence-corrected chi connectivity index (χ0v) is 8.98. The van der Waals surface area contributed by atoms with E-state index < -0.39 is 11.8 Å². The van der Waals surface area contributed by atoms with Gasteiger partial charge >= 0.3 is 5.97 Å². The minimum Gasteiger partial charge on any atom is -0.478 e. The Morgan fingerprint density at radius 3 is 2.94 bits per heavy atom. The summed E-state index contributed by atoms with van der Waals surface area (Å²) in [6.07, 6.45) is 2.94. The average Bonchev–Trinajstić information content (AvgIpc) is 2.95. The Morgan fingerprint density at radius 2 is 2.28 bits per heavy atom. The molecular weight excluding hydrogens is 239 g/mol.